The first-order valence-corrected chi connectivity index (χ1v) is 10.4. The molecule has 31 heavy (non-hydrogen) atoms. The maximum Gasteiger partial charge on any atom is 0.348 e. The average molecular weight is 442 g/mol. The molecule has 0 unspecified atom stereocenters. The van der Waals surface area contributed by atoms with E-state index in [1.54, 1.807) is 25.8 Å². The summed E-state index contributed by atoms with van der Waals surface area (Å²) in [5.41, 5.74) is 7.91. The number of thiophene rings is 1. The number of hydrogen-bond acceptors (Lipinski definition) is 9. The van der Waals surface area contributed by atoms with E-state index in [-0.39, 0.29) is 35.2 Å². The minimum absolute atomic E-state index is 0.0836. The molecule has 0 bridgehead atoms. The van der Waals surface area contributed by atoms with Crippen LogP contribution in [-0.2, 0) is 9.47 Å². The highest BCUT2D eigenvalue weighted by atomic mass is 32.1. The van der Waals surface area contributed by atoms with Gasteiger partial charge in [-0.1, -0.05) is 24.8 Å². The molecule has 3 N–H and O–H groups in total. The Hall–Kier alpha value is -3.66. The molecule has 0 amide bonds. The van der Waals surface area contributed by atoms with E-state index < -0.39 is 11.9 Å². The van der Waals surface area contributed by atoms with Gasteiger partial charge in [-0.3, -0.25) is 16.3 Å². The van der Waals surface area contributed by atoms with Crippen molar-refractivity contribution in [2.24, 2.45) is 5.10 Å². The number of carbonyl (C=O) groups is 2. The molecule has 9 nitrogen and oxygen atoms in total. The van der Waals surface area contributed by atoms with Gasteiger partial charge >= 0.3 is 11.9 Å². The van der Waals surface area contributed by atoms with Crippen LogP contribution in [0.3, 0.4) is 0 Å². The smallest absolute Gasteiger partial charge is 0.348 e. The number of amidine groups is 1. The second-order valence-electron chi connectivity index (χ2n) is 6.38. The predicted molar refractivity (Wildman–Crippen MR) is 121 cm³/mol. The van der Waals surface area contributed by atoms with E-state index in [2.05, 4.69) is 22.5 Å². The third kappa shape index (κ3) is 4.43. The molecule has 1 aliphatic rings. The van der Waals surface area contributed by atoms with Crippen LogP contribution in [0.2, 0.25) is 0 Å². The molecule has 162 valence electrons. The fourth-order valence-corrected chi connectivity index (χ4v) is 3.95. The van der Waals surface area contributed by atoms with Gasteiger partial charge in [0.25, 0.3) is 0 Å². The van der Waals surface area contributed by atoms with Crippen LogP contribution in [0.15, 0.2) is 47.7 Å². The maximum absolute atomic E-state index is 12.5. The Morgan fingerprint density at radius 3 is 2.48 bits per heavy atom. The van der Waals surface area contributed by atoms with Crippen LogP contribution < -0.4 is 15.9 Å². The van der Waals surface area contributed by atoms with Gasteiger partial charge in [0.1, 0.15) is 9.88 Å². The van der Waals surface area contributed by atoms with Crippen molar-refractivity contribution in [2.75, 3.05) is 23.6 Å². The summed E-state index contributed by atoms with van der Waals surface area (Å²) in [7, 11) is 0. The molecular weight excluding hydrogens is 418 g/mol. The highest BCUT2D eigenvalue weighted by Crippen LogP contribution is 2.34. The lowest BCUT2D eigenvalue weighted by Gasteiger charge is -2.16. The topological polar surface area (TPSA) is 116 Å². The highest BCUT2D eigenvalue weighted by Gasteiger charge is 2.30. The van der Waals surface area contributed by atoms with E-state index in [1.807, 2.05) is 30.3 Å². The number of esters is 2. The van der Waals surface area contributed by atoms with Crippen molar-refractivity contribution in [2.45, 2.75) is 20.8 Å². The number of rotatable bonds is 7. The van der Waals surface area contributed by atoms with Crippen molar-refractivity contribution in [1.82, 2.24) is 5.43 Å². The van der Waals surface area contributed by atoms with Crippen molar-refractivity contribution >= 4 is 45.5 Å². The third-order valence-corrected chi connectivity index (χ3v) is 5.53. The number of anilines is 2. The maximum atomic E-state index is 12.5. The summed E-state index contributed by atoms with van der Waals surface area (Å²) < 4.78 is 10.2. The number of benzene rings is 1. The van der Waals surface area contributed by atoms with Gasteiger partial charge in [0.05, 0.1) is 30.2 Å². The Balaban J connectivity index is 1.92. The average Bonchev–Trinajstić information content (AvgIpc) is 3.23. The molecular formula is C21H23N5O4S. The van der Waals surface area contributed by atoms with Gasteiger partial charge in [0, 0.05) is 0 Å². The van der Waals surface area contributed by atoms with Crippen LogP contribution in [0.4, 0.5) is 10.7 Å². The molecule has 0 aliphatic carbocycles. The molecule has 2 aromatic rings. The number of hydrazone groups is 1. The Kier molecular flexibility index (Phi) is 6.71. The van der Waals surface area contributed by atoms with Gasteiger partial charge in [0.2, 0.25) is 0 Å². The van der Waals surface area contributed by atoms with Gasteiger partial charge in [0.15, 0.2) is 11.5 Å². The zero-order valence-corrected chi connectivity index (χ0v) is 18.3. The Bertz CT molecular complexity index is 1060. The first-order chi connectivity index (χ1) is 14.9. The van der Waals surface area contributed by atoms with Gasteiger partial charge in [-0.05, 0) is 38.5 Å². The Labute approximate surface area is 183 Å². The van der Waals surface area contributed by atoms with Crippen molar-refractivity contribution in [3.05, 3.63) is 58.6 Å². The fraction of sp³-hybridized carbons (Fsp3) is 0.238. The number of para-hydroxylation sites is 1. The molecule has 1 fully saturated rings. The lowest BCUT2D eigenvalue weighted by molar-refractivity contribution is 0.0527. The molecule has 0 atom stereocenters. The lowest BCUT2D eigenvalue weighted by atomic mass is 10.1. The largest absolute Gasteiger partial charge is 0.462 e. The summed E-state index contributed by atoms with van der Waals surface area (Å²) >= 11 is 1.04. The number of hydrazine groups is 1. The molecule has 1 aromatic carbocycles. The molecule has 1 aromatic heterocycles. The second-order valence-corrected chi connectivity index (χ2v) is 7.40. The summed E-state index contributed by atoms with van der Waals surface area (Å²) in [5.74, 6) is -1.01. The molecule has 1 aliphatic heterocycles. The summed E-state index contributed by atoms with van der Waals surface area (Å²) in [6, 6.07) is 9.29. The van der Waals surface area contributed by atoms with E-state index in [0.29, 0.717) is 16.3 Å². The van der Waals surface area contributed by atoms with E-state index in [4.69, 9.17) is 14.9 Å². The predicted octanol–water partition coefficient (Wildman–Crippen LogP) is 3.69. The molecule has 2 heterocycles. The van der Waals surface area contributed by atoms with Crippen molar-refractivity contribution in [3.8, 4) is 0 Å². The number of carbonyl (C=O) groups excluding carboxylic acids is 2. The van der Waals surface area contributed by atoms with Crippen LogP contribution in [0, 0.1) is 12.3 Å². The summed E-state index contributed by atoms with van der Waals surface area (Å²) in [6.07, 6.45) is 0. The fourth-order valence-electron chi connectivity index (χ4n) is 2.92. The summed E-state index contributed by atoms with van der Waals surface area (Å²) in [4.78, 5) is 25.1. The van der Waals surface area contributed by atoms with E-state index in [1.165, 1.54) is 0 Å². The van der Waals surface area contributed by atoms with Gasteiger partial charge in [-0.2, -0.15) is 5.10 Å². The van der Waals surface area contributed by atoms with Crippen LogP contribution in [0.1, 0.15) is 39.4 Å². The van der Waals surface area contributed by atoms with E-state index >= 15 is 0 Å². The minimum Gasteiger partial charge on any atom is -0.462 e. The van der Waals surface area contributed by atoms with E-state index in [9.17, 15) is 9.59 Å². The second kappa shape index (κ2) is 9.43. The van der Waals surface area contributed by atoms with Crippen LogP contribution in [0.5, 0.6) is 0 Å². The highest BCUT2D eigenvalue weighted by molar-refractivity contribution is 7.18. The van der Waals surface area contributed by atoms with Crippen LogP contribution in [0.25, 0.3) is 0 Å². The van der Waals surface area contributed by atoms with E-state index in [0.717, 1.165) is 17.0 Å². The third-order valence-electron chi connectivity index (χ3n) is 4.35. The number of nitrogens with one attached hydrogen (secondary N) is 3. The van der Waals surface area contributed by atoms with Crippen LogP contribution in [-0.4, -0.2) is 36.7 Å². The molecule has 1 saturated heterocycles. The van der Waals surface area contributed by atoms with Crippen molar-refractivity contribution in [3.63, 3.8) is 0 Å². The zero-order chi connectivity index (χ0) is 22.5. The monoisotopic (exact) mass is 441 g/mol. The molecule has 0 spiro atoms. The number of ether oxygens (including phenoxy) is 2. The number of nitrogens with zero attached hydrogens (tertiary/aromatic N) is 2. The quantitative estimate of drug-likeness (QED) is 0.443. The summed E-state index contributed by atoms with van der Waals surface area (Å²) in [6.45, 7) is 9.38. The Morgan fingerprint density at radius 2 is 1.84 bits per heavy atom. The first kappa shape index (κ1) is 22.0. The first-order valence-electron chi connectivity index (χ1n) is 9.60. The minimum atomic E-state index is -0.570. The lowest BCUT2D eigenvalue weighted by Crippen LogP contribution is -2.33. The molecule has 0 radical (unpaired) electrons. The molecule has 0 saturated carbocycles. The summed E-state index contributed by atoms with van der Waals surface area (Å²) in [5, 5.41) is 14.6. The molecule has 10 heteroatoms. The van der Waals surface area contributed by atoms with Crippen molar-refractivity contribution in [1.29, 1.82) is 5.41 Å². The van der Waals surface area contributed by atoms with Crippen LogP contribution >= 0.6 is 11.3 Å². The normalized spacial score (nSPS) is 14.5. The van der Waals surface area contributed by atoms with Gasteiger partial charge in [-0.25, -0.2) is 14.6 Å². The Morgan fingerprint density at radius 1 is 1.19 bits per heavy atom. The number of hydrogen-bond donors (Lipinski definition) is 3. The zero-order valence-electron chi connectivity index (χ0n) is 17.4. The van der Waals surface area contributed by atoms with Gasteiger partial charge in [-0.15, -0.1) is 11.3 Å². The SMILES string of the molecule is C=C1NN(c2ccccc2)C(=N)C1=NNc1sc(C(=O)OCC)c(C)c1C(=O)OCC. The molecule has 3 rings (SSSR count). The van der Waals surface area contributed by atoms with Gasteiger partial charge < -0.3 is 9.47 Å². The van der Waals surface area contributed by atoms with Crippen molar-refractivity contribution < 1.29 is 19.1 Å². The standard InChI is InChI=1S/C21H23N5O4S/c1-5-29-20(27)15-12(3)17(21(28)30-6-2)31-19(15)24-23-16-13(4)25-26(18(16)22)14-10-8-7-9-11-14/h7-11,22,24-25H,4-6H2,1-3H3.